The van der Waals surface area contributed by atoms with Crippen LogP contribution in [0.3, 0.4) is 0 Å². The first kappa shape index (κ1) is 16.4. The van der Waals surface area contributed by atoms with E-state index in [1.165, 1.54) is 0 Å². The predicted octanol–water partition coefficient (Wildman–Crippen LogP) is -1.63. The molecule has 24 heavy (non-hydrogen) atoms. The molecule has 0 unspecified atom stereocenters. The highest BCUT2D eigenvalue weighted by Gasteiger charge is 2.56. The molecule has 1 fully saturated rings. The average Bonchev–Trinajstić information content (AvgIpc) is 2.81. The Morgan fingerprint density at radius 2 is 1.92 bits per heavy atom. The molecule has 0 bridgehead atoms. The Bertz CT molecular complexity index is 820. The standard InChI is InChI=1S/C15H17N3O6/c19-8-10-12(21)13(22)15(24-10,17-9-4-2-1-3-5-9)18-7-6-11(20)16-14(18)23/h1-7,10,12-13,17,19,21-22H,8H2,(H,16,20,23)/t10-,12-,13-,15+/m1/s1. The molecular formula is C15H17N3O6. The van der Waals surface area contributed by atoms with E-state index in [-0.39, 0.29) is 0 Å². The number of ether oxygens (including phenoxy) is 1. The summed E-state index contributed by atoms with van der Waals surface area (Å²) in [7, 11) is 0. The van der Waals surface area contributed by atoms with Gasteiger partial charge in [-0.25, -0.2) is 4.79 Å². The number of benzene rings is 1. The van der Waals surface area contributed by atoms with Crippen LogP contribution in [0.1, 0.15) is 0 Å². The van der Waals surface area contributed by atoms with Crippen molar-refractivity contribution in [3.05, 3.63) is 63.4 Å². The number of anilines is 1. The van der Waals surface area contributed by atoms with Gasteiger partial charge >= 0.3 is 5.69 Å². The van der Waals surface area contributed by atoms with Gasteiger partial charge in [0.15, 0.2) is 6.10 Å². The maximum atomic E-state index is 12.2. The first-order valence-corrected chi connectivity index (χ1v) is 7.28. The van der Waals surface area contributed by atoms with E-state index in [0.29, 0.717) is 5.69 Å². The molecular weight excluding hydrogens is 318 g/mol. The number of nitrogens with one attached hydrogen (secondary N) is 2. The van der Waals surface area contributed by atoms with Gasteiger partial charge in [0, 0.05) is 18.0 Å². The lowest BCUT2D eigenvalue weighted by Crippen LogP contribution is -2.56. The molecule has 0 aliphatic carbocycles. The molecule has 2 aromatic rings. The van der Waals surface area contributed by atoms with Gasteiger partial charge in [-0.15, -0.1) is 0 Å². The highest BCUT2D eigenvalue weighted by molar-refractivity contribution is 5.44. The number of hydrogen-bond acceptors (Lipinski definition) is 7. The Kier molecular flexibility index (Phi) is 4.24. The van der Waals surface area contributed by atoms with Gasteiger partial charge in [0.1, 0.15) is 12.2 Å². The topological polar surface area (TPSA) is 137 Å². The van der Waals surface area contributed by atoms with E-state index in [1.807, 2.05) is 0 Å². The molecule has 1 aliphatic heterocycles. The number of aliphatic hydroxyl groups is 3. The molecule has 0 amide bonds. The fraction of sp³-hybridized carbons (Fsp3) is 0.333. The molecule has 1 aromatic heterocycles. The van der Waals surface area contributed by atoms with Crippen molar-refractivity contribution in [2.24, 2.45) is 0 Å². The Labute approximate surface area is 135 Å². The molecule has 9 heteroatoms. The molecule has 1 aliphatic rings. The van der Waals surface area contributed by atoms with Gasteiger partial charge < -0.3 is 25.4 Å². The summed E-state index contributed by atoms with van der Waals surface area (Å²) in [5, 5.41) is 32.9. The van der Waals surface area contributed by atoms with Crippen LogP contribution in [0.25, 0.3) is 0 Å². The van der Waals surface area contributed by atoms with Crippen molar-refractivity contribution >= 4 is 5.69 Å². The molecule has 0 radical (unpaired) electrons. The SMILES string of the molecule is O=c1ccn([C@]2(Nc3ccccc3)O[C@H](CO)[C@@H](O)[C@H]2O)c(=O)[nH]1. The summed E-state index contributed by atoms with van der Waals surface area (Å²) in [6.45, 7) is -0.561. The third kappa shape index (κ3) is 2.63. The van der Waals surface area contributed by atoms with Crippen LogP contribution in [0.5, 0.6) is 0 Å². The Balaban J connectivity index is 2.14. The number of para-hydroxylation sites is 1. The average molecular weight is 335 g/mol. The van der Waals surface area contributed by atoms with E-state index in [2.05, 4.69) is 10.3 Å². The molecule has 0 saturated carbocycles. The van der Waals surface area contributed by atoms with Crippen LogP contribution in [0.15, 0.2) is 52.2 Å². The molecule has 0 spiro atoms. The third-order valence-corrected chi connectivity index (χ3v) is 3.90. The zero-order chi connectivity index (χ0) is 17.3. The minimum atomic E-state index is -1.89. The molecule has 2 heterocycles. The summed E-state index contributed by atoms with van der Waals surface area (Å²) in [6.07, 6.45) is -2.99. The van der Waals surface area contributed by atoms with E-state index < -0.39 is 42.0 Å². The monoisotopic (exact) mass is 335 g/mol. The Morgan fingerprint density at radius 1 is 1.21 bits per heavy atom. The van der Waals surface area contributed by atoms with Gasteiger partial charge in [0.05, 0.1) is 6.61 Å². The van der Waals surface area contributed by atoms with E-state index in [0.717, 1.165) is 16.8 Å². The smallest absolute Gasteiger partial charge is 0.332 e. The highest BCUT2D eigenvalue weighted by atomic mass is 16.6. The van der Waals surface area contributed by atoms with Crippen LogP contribution < -0.4 is 16.6 Å². The van der Waals surface area contributed by atoms with Crippen LogP contribution in [-0.4, -0.2) is 49.8 Å². The number of rotatable bonds is 4. The molecule has 3 rings (SSSR count). The maximum absolute atomic E-state index is 12.2. The third-order valence-electron chi connectivity index (χ3n) is 3.90. The predicted molar refractivity (Wildman–Crippen MR) is 83.3 cm³/mol. The van der Waals surface area contributed by atoms with Gasteiger partial charge in [0.2, 0.25) is 0 Å². The quantitative estimate of drug-likeness (QED) is 0.452. The zero-order valence-corrected chi connectivity index (χ0v) is 12.5. The summed E-state index contributed by atoms with van der Waals surface area (Å²) < 4.78 is 6.55. The number of nitrogens with zero attached hydrogens (tertiary/aromatic N) is 1. The molecule has 1 saturated heterocycles. The Morgan fingerprint density at radius 3 is 2.50 bits per heavy atom. The normalized spacial score (nSPS) is 29.5. The number of aromatic amines is 1. The number of aliphatic hydroxyl groups excluding tert-OH is 3. The summed E-state index contributed by atoms with van der Waals surface area (Å²) in [5.74, 6) is -1.89. The van der Waals surface area contributed by atoms with Crippen LogP contribution in [0.4, 0.5) is 5.69 Å². The van der Waals surface area contributed by atoms with Crippen molar-refractivity contribution in [1.29, 1.82) is 0 Å². The minimum absolute atomic E-state index is 0.500. The van der Waals surface area contributed by atoms with Gasteiger partial charge in [-0.2, -0.15) is 0 Å². The summed E-state index contributed by atoms with van der Waals surface area (Å²) >= 11 is 0. The second kappa shape index (κ2) is 6.21. The van der Waals surface area contributed by atoms with Crippen LogP contribution >= 0.6 is 0 Å². The van der Waals surface area contributed by atoms with Crippen molar-refractivity contribution < 1.29 is 20.1 Å². The summed E-state index contributed by atoms with van der Waals surface area (Å²) in [4.78, 5) is 25.6. The van der Waals surface area contributed by atoms with E-state index in [9.17, 15) is 24.9 Å². The van der Waals surface area contributed by atoms with Crippen molar-refractivity contribution in [3.8, 4) is 0 Å². The first-order valence-electron chi connectivity index (χ1n) is 7.28. The first-order chi connectivity index (χ1) is 11.5. The largest absolute Gasteiger partial charge is 0.394 e. The molecule has 9 nitrogen and oxygen atoms in total. The van der Waals surface area contributed by atoms with Gasteiger partial charge in [-0.05, 0) is 12.1 Å². The zero-order valence-electron chi connectivity index (χ0n) is 12.5. The van der Waals surface area contributed by atoms with Gasteiger partial charge in [-0.3, -0.25) is 14.3 Å². The van der Waals surface area contributed by atoms with Crippen LogP contribution in [0, 0.1) is 0 Å². The molecule has 1 aromatic carbocycles. The van der Waals surface area contributed by atoms with Crippen molar-refractivity contribution in [2.75, 3.05) is 11.9 Å². The summed E-state index contributed by atoms with van der Waals surface area (Å²) in [5.41, 5.74) is -0.950. The van der Waals surface area contributed by atoms with E-state index >= 15 is 0 Å². The fourth-order valence-corrected chi connectivity index (χ4v) is 2.72. The Hall–Kier alpha value is -2.46. The van der Waals surface area contributed by atoms with Crippen molar-refractivity contribution in [2.45, 2.75) is 24.2 Å². The second-order valence-corrected chi connectivity index (χ2v) is 5.44. The summed E-state index contributed by atoms with van der Waals surface area (Å²) in [6, 6.07) is 9.67. The second-order valence-electron chi connectivity index (χ2n) is 5.44. The molecule has 4 atom stereocenters. The van der Waals surface area contributed by atoms with Crippen molar-refractivity contribution in [3.63, 3.8) is 0 Å². The van der Waals surface area contributed by atoms with Gasteiger partial charge in [-0.1, -0.05) is 18.2 Å². The lowest BCUT2D eigenvalue weighted by Gasteiger charge is -2.35. The lowest BCUT2D eigenvalue weighted by atomic mass is 10.1. The number of H-pyrrole nitrogens is 1. The number of hydrogen-bond donors (Lipinski definition) is 5. The van der Waals surface area contributed by atoms with E-state index in [4.69, 9.17) is 4.74 Å². The minimum Gasteiger partial charge on any atom is -0.394 e. The molecule has 5 N–H and O–H groups in total. The number of aromatic nitrogens is 2. The van der Waals surface area contributed by atoms with Crippen LogP contribution in [0.2, 0.25) is 0 Å². The molecule has 128 valence electrons. The lowest BCUT2D eigenvalue weighted by molar-refractivity contribution is -0.129. The highest BCUT2D eigenvalue weighted by Crippen LogP contribution is 2.35. The fourth-order valence-electron chi connectivity index (χ4n) is 2.72. The van der Waals surface area contributed by atoms with Crippen molar-refractivity contribution in [1.82, 2.24) is 9.55 Å². The van der Waals surface area contributed by atoms with Gasteiger partial charge in [0.25, 0.3) is 11.4 Å². The van der Waals surface area contributed by atoms with E-state index in [1.54, 1.807) is 30.3 Å². The maximum Gasteiger partial charge on any atom is 0.332 e. The van der Waals surface area contributed by atoms with Crippen LogP contribution in [-0.2, 0) is 10.6 Å².